The summed E-state index contributed by atoms with van der Waals surface area (Å²) >= 11 is 0. The molecule has 1 fully saturated rings. The predicted molar refractivity (Wildman–Crippen MR) is 71.8 cm³/mol. The molecule has 0 radical (unpaired) electrons. The average molecular weight is 260 g/mol. The first-order valence-corrected chi connectivity index (χ1v) is 6.22. The van der Waals surface area contributed by atoms with Gasteiger partial charge in [-0.05, 0) is 31.4 Å². The summed E-state index contributed by atoms with van der Waals surface area (Å²) in [5, 5.41) is 19.8. The molecule has 6 heteroatoms. The van der Waals surface area contributed by atoms with Gasteiger partial charge in [-0.2, -0.15) is 5.26 Å². The van der Waals surface area contributed by atoms with E-state index in [-0.39, 0.29) is 17.3 Å². The highest BCUT2D eigenvalue weighted by molar-refractivity contribution is 5.60. The number of anilines is 1. The van der Waals surface area contributed by atoms with E-state index in [0.29, 0.717) is 5.92 Å². The molecule has 0 spiro atoms. The van der Waals surface area contributed by atoms with Gasteiger partial charge in [0.2, 0.25) is 0 Å². The Morgan fingerprint density at radius 3 is 2.89 bits per heavy atom. The Balaban J connectivity index is 2.24. The zero-order valence-electron chi connectivity index (χ0n) is 10.7. The first kappa shape index (κ1) is 13.3. The Hall–Kier alpha value is -2.13. The van der Waals surface area contributed by atoms with Gasteiger partial charge in [0.1, 0.15) is 11.6 Å². The lowest BCUT2D eigenvalue weighted by molar-refractivity contribution is -0.385. The molecule has 0 amide bonds. The van der Waals surface area contributed by atoms with Crippen molar-refractivity contribution < 1.29 is 4.92 Å². The highest BCUT2D eigenvalue weighted by Gasteiger charge is 2.26. The van der Waals surface area contributed by atoms with Crippen LogP contribution in [0.1, 0.15) is 18.9 Å². The largest absolute Gasteiger partial charge is 0.371 e. The molecule has 1 aliphatic rings. The van der Waals surface area contributed by atoms with E-state index >= 15 is 0 Å². The third kappa shape index (κ3) is 2.66. The molecule has 1 saturated heterocycles. The molecule has 100 valence electrons. The molecule has 19 heavy (non-hydrogen) atoms. The van der Waals surface area contributed by atoms with Crippen molar-refractivity contribution in [2.45, 2.75) is 19.4 Å². The highest BCUT2D eigenvalue weighted by Crippen LogP contribution is 2.29. The minimum absolute atomic E-state index is 0.103. The Bertz CT molecular complexity index is 536. The number of nitrogens with zero attached hydrogens (tertiary/aromatic N) is 3. The molecule has 2 atom stereocenters. The van der Waals surface area contributed by atoms with Crippen LogP contribution in [-0.4, -0.2) is 24.1 Å². The van der Waals surface area contributed by atoms with Gasteiger partial charge < -0.3 is 10.6 Å². The maximum atomic E-state index is 10.8. The van der Waals surface area contributed by atoms with Crippen LogP contribution >= 0.6 is 0 Å². The number of nitriles is 1. The van der Waals surface area contributed by atoms with Crippen LogP contribution in [0.4, 0.5) is 11.4 Å². The molecule has 2 rings (SSSR count). The zero-order chi connectivity index (χ0) is 14.0. The topological polar surface area (TPSA) is 96.2 Å². The van der Waals surface area contributed by atoms with E-state index in [4.69, 9.17) is 11.0 Å². The van der Waals surface area contributed by atoms with Crippen LogP contribution in [0.5, 0.6) is 0 Å². The summed E-state index contributed by atoms with van der Waals surface area (Å²) in [6, 6.07) is 6.70. The SMILES string of the molecule is CC(N)C1CCN(c2ccc([N+](=O)[O-])c(C#N)c2)C1. The Morgan fingerprint density at radius 2 is 2.37 bits per heavy atom. The first-order chi connectivity index (χ1) is 9.02. The van der Waals surface area contributed by atoms with Gasteiger partial charge in [0.25, 0.3) is 5.69 Å². The van der Waals surface area contributed by atoms with Crippen molar-refractivity contribution in [1.29, 1.82) is 5.26 Å². The van der Waals surface area contributed by atoms with E-state index in [1.165, 1.54) is 6.07 Å². The average Bonchev–Trinajstić information content (AvgIpc) is 2.87. The summed E-state index contributed by atoms with van der Waals surface area (Å²) in [7, 11) is 0. The fourth-order valence-corrected chi connectivity index (χ4v) is 2.42. The lowest BCUT2D eigenvalue weighted by Crippen LogP contribution is -2.29. The van der Waals surface area contributed by atoms with Crippen molar-refractivity contribution in [3.05, 3.63) is 33.9 Å². The van der Waals surface area contributed by atoms with Crippen LogP contribution in [0.2, 0.25) is 0 Å². The summed E-state index contributed by atoms with van der Waals surface area (Å²) in [5.41, 5.74) is 6.70. The van der Waals surface area contributed by atoms with Gasteiger partial charge in [-0.15, -0.1) is 0 Å². The van der Waals surface area contributed by atoms with E-state index in [2.05, 4.69) is 4.90 Å². The van der Waals surface area contributed by atoms with Crippen molar-refractivity contribution in [2.24, 2.45) is 11.7 Å². The van der Waals surface area contributed by atoms with Crippen LogP contribution < -0.4 is 10.6 Å². The van der Waals surface area contributed by atoms with Gasteiger partial charge in [-0.1, -0.05) is 0 Å². The van der Waals surface area contributed by atoms with Gasteiger partial charge in [0.05, 0.1) is 4.92 Å². The summed E-state index contributed by atoms with van der Waals surface area (Å²) < 4.78 is 0. The smallest absolute Gasteiger partial charge is 0.287 e. The van der Waals surface area contributed by atoms with E-state index in [1.54, 1.807) is 12.1 Å². The maximum Gasteiger partial charge on any atom is 0.287 e. The second-order valence-corrected chi connectivity index (χ2v) is 4.92. The van der Waals surface area contributed by atoms with Crippen molar-refractivity contribution in [2.75, 3.05) is 18.0 Å². The second-order valence-electron chi connectivity index (χ2n) is 4.92. The monoisotopic (exact) mass is 260 g/mol. The molecular weight excluding hydrogens is 244 g/mol. The molecule has 0 aliphatic carbocycles. The molecule has 1 aliphatic heterocycles. The van der Waals surface area contributed by atoms with E-state index in [9.17, 15) is 10.1 Å². The van der Waals surface area contributed by atoms with Crippen LogP contribution in [0.15, 0.2) is 18.2 Å². The van der Waals surface area contributed by atoms with E-state index < -0.39 is 4.92 Å². The summed E-state index contributed by atoms with van der Waals surface area (Å²) in [6.45, 7) is 3.69. The lowest BCUT2D eigenvalue weighted by atomic mass is 10.0. The number of nitro groups is 1. The Morgan fingerprint density at radius 1 is 1.63 bits per heavy atom. The Labute approximate surface area is 111 Å². The van der Waals surface area contributed by atoms with Crippen molar-refractivity contribution in [3.8, 4) is 6.07 Å². The van der Waals surface area contributed by atoms with Crippen molar-refractivity contribution in [3.63, 3.8) is 0 Å². The van der Waals surface area contributed by atoms with Crippen LogP contribution in [0.3, 0.4) is 0 Å². The molecule has 2 unspecified atom stereocenters. The van der Waals surface area contributed by atoms with E-state index in [1.807, 2.05) is 13.0 Å². The fraction of sp³-hybridized carbons (Fsp3) is 0.462. The predicted octanol–water partition coefficient (Wildman–Crippen LogP) is 1.64. The summed E-state index contributed by atoms with van der Waals surface area (Å²) in [6.07, 6.45) is 1.01. The highest BCUT2D eigenvalue weighted by atomic mass is 16.6. The minimum atomic E-state index is -0.531. The number of nitrogens with two attached hydrogens (primary N) is 1. The molecular formula is C13H16N4O2. The van der Waals surface area contributed by atoms with Crippen LogP contribution in [-0.2, 0) is 0 Å². The number of hydrogen-bond donors (Lipinski definition) is 1. The standard InChI is InChI=1S/C13H16N4O2/c1-9(15)10-4-5-16(8-10)12-2-3-13(17(18)19)11(6-12)7-14/h2-3,6,9-10H,4-5,8,15H2,1H3. The van der Waals surface area contributed by atoms with Crippen molar-refractivity contribution in [1.82, 2.24) is 0 Å². The quantitative estimate of drug-likeness (QED) is 0.658. The van der Waals surface area contributed by atoms with Gasteiger partial charge in [0, 0.05) is 30.9 Å². The third-order valence-corrected chi connectivity index (χ3v) is 3.63. The normalized spacial score (nSPS) is 20.1. The second kappa shape index (κ2) is 5.24. The zero-order valence-corrected chi connectivity index (χ0v) is 10.7. The van der Waals surface area contributed by atoms with Gasteiger partial charge >= 0.3 is 0 Å². The van der Waals surface area contributed by atoms with Gasteiger partial charge in [-0.25, -0.2) is 0 Å². The molecule has 0 bridgehead atoms. The molecule has 0 aromatic heterocycles. The number of benzene rings is 1. The summed E-state index contributed by atoms with van der Waals surface area (Å²) in [4.78, 5) is 12.4. The number of nitro benzene ring substituents is 1. The van der Waals surface area contributed by atoms with E-state index in [0.717, 1.165) is 25.2 Å². The number of hydrogen-bond acceptors (Lipinski definition) is 5. The molecule has 2 N–H and O–H groups in total. The third-order valence-electron chi connectivity index (χ3n) is 3.63. The maximum absolute atomic E-state index is 10.8. The molecule has 1 aromatic rings. The first-order valence-electron chi connectivity index (χ1n) is 6.22. The molecule has 0 saturated carbocycles. The van der Waals surface area contributed by atoms with Crippen LogP contribution in [0.25, 0.3) is 0 Å². The van der Waals surface area contributed by atoms with Crippen LogP contribution in [0, 0.1) is 27.4 Å². The van der Waals surface area contributed by atoms with Gasteiger partial charge in [-0.3, -0.25) is 10.1 Å². The Kier molecular flexibility index (Phi) is 3.67. The number of rotatable bonds is 3. The lowest BCUT2D eigenvalue weighted by Gasteiger charge is -2.20. The molecule has 1 aromatic carbocycles. The fourth-order valence-electron chi connectivity index (χ4n) is 2.42. The molecule has 6 nitrogen and oxygen atoms in total. The van der Waals surface area contributed by atoms with Gasteiger partial charge in [0.15, 0.2) is 0 Å². The summed E-state index contributed by atoms with van der Waals surface area (Å²) in [5.74, 6) is 0.431. The van der Waals surface area contributed by atoms with Crippen molar-refractivity contribution >= 4 is 11.4 Å². The minimum Gasteiger partial charge on any atom is -0.371 e. The molecule has 1 heterocycles.